The molecule has 0 unspecified atom stereocenters. The second-order valence-corrected chi connectivity index (χ2v) is 6.06. The van der Waals surface area contributed by atoms with Crippen LogP contribution in [0.1, 0.15) is 53.3 Å². The molecule has 0 saturated carbocycles. The van der Waals surface area contributed by atoms with E-state index < -0.39 is 0 Å². The van der Waals surface area contributed by atoms with E-state index in [1.54, 1.807) is 0 Å². The van der Waals surface area contributed by atoms with Crippen LogP contribution >= 0.6 is 0 Å². The zero-order valence-corrected chi connectivity index (χ0v) is 11.8. The average Bonchev–Trinajstić information content (AvgIpc) is 2.61. The summed E-state index contributed by atoms with van der Waals surface area (Å²) in [4.78, 5) is 4.31. The fraction of sp³-hybridized carbons (Fsp3) is 0.846. The van der Waals surface area contributed by atoms with Crippen molar-refractivity contribution < 1.29 is 0 Å². The van der Waals surface area contributed by atoms with Gasteiger partial charge in [-0.05, 0) is 39.5 Å². The molecule has 1 heterocycles. The third kappa shape index (κ3) is 6.41. The SMILES string of the molecule is CC(C)CCCn1cnc(CNC(C)(C)C)n1. The lowest BCUT2D eigenvalue weighted by Gasteiger charge is -2.19. The van der Waals surface area contributed by atoms with Crippen LogP contribution in [0.5, 0.6) is 0 Å². The Morgan fingerprint density at radius 1 is 1.35 bits per heavy atom. The largest absolute Gasteiger partial charge is 0.305 e. The van der Waals surface area contributed by atoms with Crippen molar-refractivity contribution in [2.75, 3.05) is 0 Å². The third-order valence-electron chi connectivity index (χ3n) is 2.53. The lowest BCUT2D eigenvalue weighted by atomic mass is 10.1. The minimum Gasteiger partial charge on any atom is -0.305 e. The Bertz CT molecular complexity index is 322. The first kappa shape index (κ1) is 14.2. The summed E-state index contributed by atoms with van der Waals surface area (Å²) in [6.45, 7) is 12.6. The monoisotopic (exact) mass is 238 g/mol. The Morgan fingerprint density at radius 2 is 2.06 bits per heavy atom. The molecule has 1 aromatic rings. The molecule has 4 nitrogen and oxygen atoms in total. The molecule has 98 valence electrons. The minimum atomic E-state index is 0.114. The summed E-state index contributed by atoms with van der Waals surface area (Å²) < 4.78 is 1.95. The van der Waals surface area contributed by atoms with Gasteiger partial charge in [-0.15, -0.1) is 0 Å². The Kier molecular flexibility index (Phi) is 5.12. The standard InChI is InChI=1S/C13H26N4/c1-11(2)7-6-8-17-10-14-12(16-17)9-15-13(3,4)5/h10-11,15H,6-9H2,1-5H3. The van der Waals surface area contributed by atoms with Crippen LogP contribution in [-0.4, -0.2) is 20.3 Å². The maximum atomic E-state index is 4.45. The van der Waals surface area contributed by atoms with Gasteiger partial charge in [0.05, 0.1) is 6.54 Å². The summed E-state index contributed by atoms with van der Waals surface area (Å²) in [6, 6.07) is 0. The van der Waals surface area contributed by atoms with Crippen molar-refractivity contribution in [3.05, 3.63) is 12.2 Å². The van der Waals surface area contributed by atoms with Gasteiger partial charge in [0, 0.05) is 12.1 Å². The quantitative estimate of drug-likeness (QED) is 0.828. The van der Waals surface area contributed by atoms with Gasteiger partial charge >= 0.3 is 0 Å². The molecule has 0 saturated heterocycles. The summed E-state index contributed by atoms with van der Waals surface area (Å²) >= 11 is 0. The van der Waals surface area contributed by atoms with E-state index in [9.17, 15) is 0 Å². The number of rotatable bonds is 6. The van der Waals surface area contributed by atoms with Crippen molar-refractivity contribution in [2.24, 2.45) is 5.92 Å². The maximum Gasteiger partial charge on any atom is 0.164 e. The number of nitrogens with one attached hydrogen (secondary N) is 1. The summed E-state index contributed by atoms with van der Waals surface area (Å²) in [5.74, 6) is 1.64. The van der Waals surface area contributed by atoms with Gasteiger partial charge in [-0.2, -0.15) is 5.10 Å². The predicted octanol–water partition coefficient (Wildman–Crippen LogP) is 2.60. The van der Waals surface area contributed by atoms with Gasteiger partial charge in [0.1, 0.15) is 6.33 Å². The van der Waals surface area contributed by atoms with Gasteiger partial charge in [0.2, 0.25) is 0 Å². The van der Waals surface area contributed by atoms with E-state index in [0.29, 0.717) is 0 Å². The van der Waals surface area contributed by atoms with Crippen molar-refractivity contribution in [3.63, 3.8) is 0 Å². The summed E-state index contributed by atoms with van der Waals surface area (Å²) in [6.07, 6.45) is 4.25. The van der Waals surface area contributed by atoms with Crippen molar-refractivity contribution in [3.8, 4) is 0 Å². The van der Waals surface area contributed by atoms with Crippen LogP contribution in [0.2, 0.25) is 0 Å². The van der Waals surface area contributed by atoms with Gasteiger partial charge in [0.25, 0.3) is 0 Å². The number of hydrogen-bond acceptors (Lipinski definition) is 3. The van der Waals surface area contributed by atoms with E-state index in [1.165, 1.54) is 12.8 Å². The lowest BCUT2D eigenvalue weighted by molar-refractivity contribution is 0.415. The molecule has 17 heavy (non-hydrogen) atoms. The molecule has 0 fully saturated rings. The number of nitrogens with zero attached hydrogens (tertiary/aromatic N) is 3. The molecular formula is C13H26N4. The molecular weight excluding hydrogens is 212 g/mol. The van der Waals surface area contributed by atoms with Gasteiger partial charge in [0.15, 0.2) is 5.82 Å². The van der Waals surface area contributed by atoms with E-state index in [-0.39, 0.29) is 5.54 Å². The first-order valence-corrected chi connectivity index (χ1v) is 6.50. The Hall–Kier alpha value is -0.900. The topological polar surface area (TPSA) is 42.7 Å². The van der Waals surface area contributed by atoms with Crippen LogP contribution in [0.15, 0.2) is 6.33 Å². The van der Waals surface area contributed by atoms with Crippen molar-refractivity contribution in [1.82, 2.24) is 20.1 Å². The highest BCUT2D eigenvalue weighted by molar-refractivity contribution is 4.83. The molecule has 1 rings (SSSR count). The van der Waals surface area contributed by atoms with Crippen LogP contribution in [0.25, 0.3) is 0 Å². The van der Waals surface area contributed by atoms with E-state index >= 15 is 0 Å². The first-order valence-electron chi connectivity index (χ1n) is 6.50. The van der Waals surface area contributed by atoms with Crippen LogP contribution < -0.4 is 5.32 Å². The molecule has 1 N–H and O–H groups in total. The Labute approximate surface area is 105 Å². The molecule has 0 aliphatic carbocycles. The highest BCUT2D eigenvalue weighted by atomic mass is 15.3. The Balaban J connectivity index is 2.32. The molecule has 0 amide bonds. The second kappa shape index (κ2) is 6.15. The fourth-order valence-electron chi connectivity index (χ4n) is 1.53. The maximum absolute atomic E-state index is 4.45. The zero-order valence-electron chi connectivity index (χ0n) is 11.8. The van der Waals surface area contributed by atoms with Gasteiger partial charge < -0.3 is 5.32 Å². The van der Waals surface area contributed by atoms with Crippen LogP contribution in [0.3, 0.4) is 0 Å². The summed E-state index contributed by atoms with van der Waals surface area (Å²) in [5, 5.41) is 7.84. The van der Waals surface area contributed by atoms with Crippen molar-refractivity contribution >= 4 is 0 Å². The third-order valence-corrected chi connectivity index (χ3v) is 2.53. The molecule has 0 atom stereocenters. The number of aromatic nitrogens is 3. The van der Waals surface area contributed by atoms with Gasteiger partial charge in [-0.1, -0.05) is 13.8 Å². The van der Waals surface area contributed by atoms with Crippen molar-refractivity contribution in [2.45, 2.75) is 66.1 Å². The number of aryl methyl sites for hydroxylation is 1. The highest BCUT2D eigenvalue weighted by Gasteiger charge is 2.10. The predicted molar refractivity (Wildman–Crippen MR) is 70.7 cm³/mol. The Morgan fingerprint density at radius 3 is 2.65 bits per heavy atom. The van der Waals surface area contributed by atoms with E-state index in [2.05, 4.69) is 50.0 Å². The van der Waals surface area contributed by atoms with E-state index in [0.717, 1.165) is 24.8 Å². The smallest absolute Gasteiger partial charge is 0.164 e. The number of hydrogen-bond donors (Lipinski definition) is 1. The molecule has 0 radical (unpaired) electrons. The molecule has 0 aromatic carbocycles. The molecule has 4 heteroatoms. The normalized spacial score (nSPS) is 12.4. The molecule has 1 aromatic heterocycles. The van der Waals surface area contributed by atoms with Crippen LogP contribution in [0.4, 0.5) is 0 Å². The summed E-state index contributed by atoms with van der Waals surface area (Å²) in [5.41, 5.74) is 0.114. The van der Waals surface area contributed by atoms with E-state index in [1.807, 2.05) is 11.0 Å². The summed E-state index contributed by atoms with van der Waals surface area (Å²) in [7, 11) is 0. The highest BCUT2D eigenvalue weighted by Crippen LogP contribution is 2.05. The molecule has 0 aliphatic rings. The zero-order chi connectivity index (χ0) is 12.9. The van der Waals surface area contributed by atoms with Crippen LogP contribution in [0, 0.1) is 5.92 Å². The molecule has 0 bridgehead atoms. The van der Waals surface area contributed by atoms with Crippen molar-refractivity contribution in [1.29, 1.82) is 0 Å². The van der Waals surface area contributed by atoms with E-state index in [4.69, 9.17) is 0 Å². The minimum absolute atomic E-state index is 0.114. The lowest BCUT2D eigenvalue weighted by Crippen LogP contribution is -2.35. The first-order chi connectivity index (χ1) is 7.87. The van der Waals surface area contributed by atoms with Crippen LogP contribution in [-0.2, 0) is 13.1 Å². The van der Waals surface area contributed by atoms with Gasteiger partial charge in [-0.3, -0.25) is 4.68 Å². The fourth-order valence-corrected chi connectivity index (χ4v) is 1.53. The van der Waals surface area contributed by atoms with Gasteiger partial charge in [-0.25, -0.2) is 4.98 Å². The average molecular weight is 238 g/mol. The second-order valence-electron chi connectivity index (χ2n) is 6.06. The molecule has 0 spiro atoms. The molecule has 0 aliphatic heterocycles.